The van der Waals surface area contributed by atoms with Crippen LogP contribution in [0.1, 0.15) is 31.4 Å². The monoisotopic (exact) mass is 326 g/mol. The van der Waals surface area contributed by atoms with Crippen molar-refractivity contribution in [3.63, 3.8) is 0 Å². The lowest BCUT2D eigenvalue weighted by molar-refractivity contribution is 0.158. The summed E-state index contributed by atoms with van der Waals surface area (Å²) in [5.41, 5.74) is 0.237. The molecule has 0 bridgehead atoms. The van der Waals surface area contributed by atoms with Crippen LogP contribution in [-0.4, -0.2) is 31.1 Å². The van der Waals surface area contributed by atoms with Crippen LogP contribution < -0.4 is 5.32 Å². The first-order chi connectivity index (χ1) is 8.74. The molecule has 1 atom stereocenters. The summed E-state index contributed by atoms with van der Waals surface area (Å²) in [6, 6.07) is 3.99. The lowest BCUT2D eigenvalue weighted by atomic mass is 9.98. The van der Waals surface area contributed by atoms with E-state index in [1.807, 2.05) is 6.92 Å². The molecule has 116 valence electrons. The van der Waals surface area contributed by atoms with E-state index < -0.39 is 11.6 Å². The van der Waals surface area contributed by atoms with E-state index in [9.17, 15) is 8.78 Å². The molecule has 6 heteroatoms. The Labute approximate surface area is 131 Å². The fourth-order valence-electron chi connectivity index (χ4n) is 2.61. The van der Waals surface area contributed by atoms with Crippen LogP contribution >= 0.6 is 24.8 Å². The minimum Gasteiger partial charge on any atom is -0.314 e. The van der Waals surface area contributed by atoms with Gasteiger partial charge in [-0.05, 0) is 18.6 Å². The standard InChI is InChI=1S/C14H20F2N2.2ClH/c1-2-4-13(18-9-7-17-8-10-18)14-11(15)5-3-6-12(14)16;;/h3,5-6,13,17H,2,4,7-10H2,1H3;2*1H/t13-;;/m0../s1. The number of hydrogen-bond acceptors (Lipinski definition) is 2. The van der Waals surface area contributed by atoms with Gasteiger partial charge in [0.25, 0.3) is 0 Å². The summed E-state index contributed by atoms with van der Waals surface area (Å²) in [5, 5.41) is 3.26. The van der Waals surface area contributed by atoms with Gasteiger partial charge in [0.15, 0.2) is 0 Å². The normalized spacial score (nSPS) is 16.9. The molecule has 0 amide bonds. The first-order valence-electron chi connectivity index (χ1n) is 6.62. The van der Waals surface area contributed by atoms with Gasteiger partial charge in [0.1, 0.15) is 11.6 Å². The van der Waals surface area contributed by atoms with E-state index in [4.69, 9.17) is 0 Å². The maximum atomic E-state index is 13.9. The van der Waals surface area contributed by atoms with Gasteiger partial charge in [-0.1, -0.05) is 19.4 Å². The van der Waals surface area contributed by atoms with E-state index in [0.717, 1.165) is 39.0 Å². The quantitative estimate of drug-likeness (QED) is 0.910. The number of benzene rings is 1. The molecule has 1 fully saturated rings. The molecule has 1 saturated heterocycles. The zero-order chi connectivity index (χ0) is 13.0. The zero-order valence-electron chi connectivity index (χ0n) is 11.6. The molecule has 1 aliphatic rings. The molecule has 1 N–H and O–H groups in total. The highest BCUT2D eigenvalue weighted by atomic mass is 35.5. The Kier molecular flexibility index (Phi) is 9.30. The molecule has 0 aliphatic carbocycles. The molecule has 0 saturated carbocycles. The first kappa shape index (κ1) is 19.6. The topological polar surface area (TPSA) is 15.3 Å². The second kappa shape index (κ2) is 9.50. The van der Waals surface area contributed by atoms with Crippen LogP contribution in [0.15, 0.2) is 18.2 Å². The van der Waals surface area contributed by atoms with Crippen LogP contribution in [0.2, 0.25) is 0 Å². The number of nitrogens with one attached hydrogen (secondary N) is 1. The molecular formula is C14H22Cl2F2N2. The highest BCUT2D eigenvalue weighted by Gasteiger charge is 2.26. The van der Waals surface area contributed by atoms with Crippen molar-refractivity contribution in [1.29, 1.82) is 0 Å². The maximum absolute atomic E-state index is 13.9. The van der Waals surface area contributed by atoms with E-state index in [0.29, 0.717) is 0 Å². The molecule has 2 nitrogen and oxygen atoms in total. The van der Waals surface area contributed by atoms with Crippen LogP contribution in [0.5, 0.6) is 0 Å². The van der Waals surface area contributed by atoms with Crippen LogP contribution in [0.3, 0.4) is 0 Å². The summed E-state index contributed by atoms with van der Waals surface area (Å²) in [5.74, 6) is -0.848. The van der Waals surface area contributed by atoms with Crippen LogP contribution in [0.4, 0.5) is 8.78 Å². The van der Waals surface area contributed by atoms with E-state index in [1.54, 1.807) is 0 Å². The molecule has 1 aliphatic heterocycles. The summed E-state index contributed by atoms with van der Waals surface area (Å²) >= 11 is 0. The van der Waals surface area contributed by atoms with Gasteiger partial charge in [0, 0.05) is 37.8 Å². The van der Waals surface area contributed by atoms with Gasteiger partial charge in [-0.15, -0.1) is 24.8 Å². The Morgan fingerprint density at radius 2 is 1.70 bits per heavy atom. The fourth-order valence-corrected chi connectivity index (χ4v) is 2.61. The molecule has 1 aromatic rings. The molecule has 20 heavy (non-hydrogen) atoms. The molecule has 2 rings (SSSR count). The number of nitrogens with zero attached hydrogens (tertiary/aromatic N) is 1. The smallest absolute Gasteiger partial charge is 0.130 e. The summed E-state index contributed by atoms with van der Waals surface area (Å²) in [6.45, 7) is 5.51. The van der Waals surface area contributed by atoms with Gasteiger partial charge in [-0.25, -0.2) is 8.78 Å². The molecular weight excluding hydrogens is 305 g/mol. The highest BCUT2D eigenvalue weighted by Crippen LogP contribution is 2.30. The molecule has 0 unspecified atom stereocenters. The third-order valence-corrected chi connectivity index (χ3v) is 3.49. The minimum absolute atomic E-state index is 0. The van der Waals surface area contributed by atoms with Crippen LogP contribution in [0, 0.1) is 11.6 Å². The maximum Gasteiger partial charge on any atom is 0.130 e. The van der Waals surface area contributed by atoms with Crippen molar-refractivity contribution < 1.29 is 8.78 Å². The molecule has 1 aromatic carbocycles. The third kappa shape index (κ3) is 4.55. The highest BCUT2D eigenvalue weighted by molar-refractivity contribution is 5.85. The van der Waals surface area contributed by atoms with E-state index in [-0.39, 0.29) is 36.4 Å². The largest absolute Gasteiger partial charge is 0.314 e. The Morgan fingerprint density at radius 3 is 2.20 bits per heavy atom. The van der Waals surface area contributed by atoms with Crippen LogP contribution in [0.25, 0.3) is 0 Å². The summed E-state index contributed by atoms with van der Waals surface area (Å²) in [4.78, 5) is 2.18. The number of rotatable bonds is 4. The van der Waals surface area contributed by atoms with Gasteiger partial charge in [-0.3, -0.25) is 4.90 Å². The lowest BCUT2D eigenvalue weighted by Gasteiger charge is -2.35. The summed E-state index contributed by atoms with van der Waals surface area (Å²) in [7, 11) is 0. The predicted molar refractivity (Wildman–Crippen MR) is 82.9 cm³/mol. The average Bonchev–Trinajstić information content (AvgIpc) is 2.38. The molecule has 0 spiro atoms. The first-order valence-corrected chi connectivity index (χ1v) is 6.62. The predicted octanol–water partition coefficient (Wildman–Crippen LogP) is 3.55. The van der Waals surface area contributed by atoms with Gasteiger partial charge < -0.3 is 5.32 Å². The Hall–Kier alpha value is -0.420. The van der Waals surface area contributed by atoms with Gasteiger partial charge in [0.2, 0.25) is 0 Å². The number of piperazine rings is 1. The van der Waals surface area contributed by atoms with Crippen molar-refractivity contribution in [3.8, 4) is 0 Å². The van der Waals surface area contributed by atoms with E-state index in [2.05, 4.69) is 10.2 Å². The minimum atomic E-state index is -0.424. The van der Waals surface area contributed by atoms with E-state index >= 15 is 0 Å². The third-order valence-electron chi connectivity index (χ3n) is 3.49. The average molecular weight is 327 g/mol. The number of hydrogen-bond donors (Lipinski definition) is 1. The SMILES string of the molecule is CCC[C@@H](c1c(F)cccc1F)N1CCNCC1.Cl.Cl. The second-order valence-corrected chi connectivity index (χ2v) is 4.73. The lowest BCUT2D eigenvalue weighted by Crippen LogP contribution is -2.45. The van der Waals surface area contributed by atoms with Crippen molar-refractivity contribution in [1.82, 2.24) is 10.2 Å². The Bertz CT molecular complexity index is 379. The zero-order valence-corrected chi connectivity index (χ0v) is 13.2. The second-order valence-electron chi connectivity index (χ2n) is 4.73. The van der Waals surface area contributed by atoms with Crippen molar-refractivity contribution in [2.45, 2.75) is 25.8 Å². The Morgan fingerprint density at radius 1 is 1.15 bits per heavy atom. The van der Waals surface area contributed by atoms with Crippen molar-refractivity contribution >= 4 is 24.8 Å². The van der Waals surface area contributed by atoms with E-state index in [1.165, 1.54) is 18.2 Å². The fraction of sp³-hybridized carbons (Fsp3) is 0.571. The molecule has 1 heterocycles. The van der Waals surface area contributed by atoms with Crippen molar-refractivity contribution in [2.24, 2.45) is 0 Å². The molecule has 0 aromatic heterocycles. The van der Waals surface area contributed by atoms with Gasteiger partial charge >= 0.3 is 0 Å². The number of halogens is 4. The van der Waals surface area contributed by atoms with Crippen LogP contribution in [-0.2, 0) is 0 Å². The van der Waals surface area contributed by atoms with Gasteiger partial charge in [0.05, 0.1) is 0 Å². The summed E-state index contributed by atoms with van der Waals surface area (Å²) in [6.07, 6.45) is 1.71. The van der Waals surface area contributed by atoms with Gasteiger partial charge in [-0.2, -0.15) is 0 Å². The molecule has 0 radical (unpaired) electrons. The van der Waals surface area contributed by atoms with Crippen molar-refractivity contribution in [2.75, 3.05) is 26.2 Å². The summed E-state index contributed by atoms with van der Waals surface area (Å²) < 4.78 is 27.8. The van der Waals surface area contributed by atoms with Crippen molar-refractivity contribution in [3.05, 3.63) is 35.4 Å². The Balaban J connectivity index is 0.00000180.